The normalized spacial score (nSPS) is 11.1. The highest BCUT2D eigenvalue weighted by atomic mass is 16.3. The maximum atomic E-state index is 5.52. The molecule has 0 fully saturated rings. The van der Waals surface area contributed by atoms with Crippen molar-refractivity contribution in [3.05, 3.63) is 28.6 Å². The van der Waals surface area contributed by atoms with Gasteiger partial charge in [0.25, 0.3) is 0 Å². The molecule has 68 valence electrons. The Kier molecular flexibility index (Phi) is 1.65. The molecule has 1 heterocycles. The van der Waals surface area contributed by atoms with E-state index in [-0.39, 0.29) is 0 Å². The average molecular weight is 175 g/mol. The molecule has 0 bridgehead atoms. The molecule has 2 nitrogen and oxygen atoms in total. The zero-order valence-electron chi connectivity index (χ0n) is 8.43. The van der Waals surface area contributed by atoms with Crippen LogP contribution < -0.4 is 0 Å². The standard InChI is InChI=1S/C11H13NO/c1-6-5-7(2)11-10(8(6)3)12-9(4)13-11/h5H,1-4H3. The highest BCUT2D eigenvalue weighted by molar-refractivity contribution is 5.80. The Bertz CT molecular complexity index is 468. The van der Waals surface area contributed by atoms with Gasteiger partial charge in [-0.05, 0) is 37.5 Å². The molecule has 0 atom stereocenters. The molecule has 2 rings (SSSR count). The van der Waals surface area contributed by atoms with Gasteiger partial charge in [-0.25, -0.2) is 4.98 Å². The number of benzene rings is 1. The monoisotopic (exact) mass is 175 g/mol. The molecule has 0 spiro atoms. The lowest BCUT2D eigenvalue weighted by Crippen LogP contribution is -1.85. The lowest BCUT2D eigenvalue weighted by Gasteiger charge is -2.01. The minimum absolute atomic E-state index is 0.742. The Labute approximate surface area is 77.6 Å². The second kappa shape index (κ2) is 2.59. The van der Waals surface area contributed by atoms with Gasteiger partial charge in [0.05, 0.1) is 0 Å². The molecule has 0 aliphatic heterocycles. The summed E-state index contributed by atoms with van der Waals surface area (Å²) in [7, 11) is 0. The molecule has 0 saturated heterocycles. The molecule has 2 heteroatoms. The van der Waals surface area contributed by atoms with E-state index in [0.29, 0.717) is 0 Å². The summed E-state index contributed by atoms with van der Waals surface area (Å²) in [6, 6.07) is 2.14. The van der Waals surface area contributed by atoms with Crippen molar-refractivity contribution in [3.63, 3.8) is 0 Å². The average Bonchev–Trinajstić information content (AvgIpc) is 2.44. The van der Waals surface area contributed by atoms with Gasteiger partial charge in [0.2, 0.25) is 0 Å². The molecular formula is C11H13NO. The van der Waals surface area contributed by atoms with Gasteiger partial charge in [-0.1, -0.05) is 6.07 Å². The zero-order chi connectivity index (χ0) is 9.59. The van der Waals surface area contributed by atoms with Crippen LogP contribution >= 0.6 is 0 Å². The zero-order valence-corrected chi connectivity index (χ0v) is 8.43. The fourth-order valence-corrected chi connectivity index (χ4v) is 1.63. The molecule has 0 aliphatic rings. The lowest BCUT2D eigenvalue weighted by atomic mass is 10.1. The maximum Gasteiger partial charge on any atom is 0.192 e. The number of rotatable bonds is 0. The second-order valence-corrected chi connectivity index (χ2v) is 3.55. The van der Waals surface area contributed by atoms with Crippen molar-refractivity contribution in [2.75, 3.05) is 0 Å². The number of aromatic nitrogens is 1. The predicted octanol–water partition coefficient (Wildman–Crippen LogP) is 3.06. The second-order valence-electron chi connectivity index (χ2n) is 3.55. The van der Waals surface area contributed by atoms with Gasteiger partial charge in [0.15, 0.2) is 11.5 Å². The van der Waals surface area contributed by atoms with Gasteiger partial charge >= 0.3 is 0 Å². The minimum Gasteiger partial charge on any atom is -0.441 e. The van der Waals surface area contributed by atoms with Gasteiger partial charge in [0.1, 0.15) is 5.52 Å². The molecule has 0 N–H and O–H groups in total. The predicted molar refractivity (Wildman–Crippen MR) is 53.0 cm³/mol. The van der Waals surface area contributed by atoms with E-state index in [1.165, 1.54) is 16.7 Å². The van der Waals surface area contributed by atoms with Crippen molar-refractivity contribution in [1.29, 1.82) is 0 Å². The van der Waals surface area contributed by atoms with Gasteiger partial charge < -0.3 is 4.42 Å². The SMILES string of the molecule is Cc1nc2c(C)c(C)cc(C)c2o1. The summed E-state index contributed by atoms with van der Waals surface area (Å²) in [5.74, 6) is 0.742. The van der Waals surface area contributed by atoms with Crippen LogP contribution in [0.3, 0.4) is 0 Å². The summed E-state index contributed by atoms with van der Waals surface area (Å²) in [5.41, 5.74) is 5.60. The van der Waals surface area contributed by atoms with E-state index < -0.39 is 0 Å². The lowest BCUT2D eigenvalue weighted by molar-refractivity contribution is 0.559. The van der Waals surface area contributed by atoms with Crippen molar-refractivity contribution >= 4 is 11.1 Å². The molecule has 0 aliphatic carbocycles. The summed E-state index contributed by atoms with van der Waals surface area (Å²) >= 11 is 0. The molecule has 0 amide bonds. The number of fused-ring (bicyclic) bond motifs is 1. The van der Waals surface area contributed by atoms with Crippen LogP contribution in [-0.2, 0) is 0 Å². The maximum absolute atomic E-state index is 5.52. The van der Waals surface area contributed by atoms with Crippen LogP contribution in [-0.4, -0.2) is 4.98 Å². The summed E-state index contributed by atoms with van der Waals surface area (Å²) in [5, 5.41) is 0. The summed E-state index contributed by atoms with van der Waals surface area (Å²) < 4.78 is 5.52. The van der Waals surface area contributed by atoms with Crippen LogP contribution in [0.4, 0.5) is 0 Å². The molecule has 2 aromatic rings. The number of aryl methyl sites for hydroxylation is 4. The first-order chi connectivity index (χ1) is 6.09. The highest BCUT2D eigenvalue weighted by Gasteiger charge is 2.09. The van der Waals surface area contributed by atoms with E-state index in [0.717, 1.165) is 17.0 Å². The molecule has 0 radical (unpaired) electrons. The van der Waals surface area contributed by atoms with Gasteiger partial charge in [-0.3, -0.25) is 0 Å². The van der Waals surface area contributed by atoms with Crippen molar-refractivity contribution in [2.24, 2.45) is 0 Å². The molecule has 0 saturated carbocycles. The van der Waals surface area contributed by atoms with E-state index in [2.05, 4.69) is 31.8 Å². The molecule has 13 heavy (non-hydrogen) atoms. The summed E-state index contributed by atoms with van der Waals surface area (Å²) in [4.78, 5) is 4.37. The Morgan fingerprint density at radius 3 is 2.46 bits per heavy atom. The van der Waals surface area contributed by atoms with E-state index in [1.54, 1.807) is 0 Å². The van der Waals surface area contributed by atoms with Crippen molar-refractivity contribution in [1.82, 2.24) is 4.98 Å². The summed E-state index contributed by atoms with van der Waals surface area (Å²) in [6.45, 7) is 8.12. The first-order valence-electron chi connectivity index (χ1n) is 4.43. The van der Waals surface area contributed by atoms with Crippen molar-refractivity contribution < 1.29 is 4.42 Å². The van der Waals surface area contributed by atoms with Crippen molar-refractivity contribution in [2.45, 2.75) is 27.7 Å². The third-order valence-corrected chi connectivity index (χ3v) is 2.47. The Hall–Kier alpha value is -1.31. The number of hydrogen-bond acceptors (Lipinski definition) is 2. The Morgan fingerprint density at radius 1 is 1.08 bits per heavy atom. The quantitative estimate of drug-likeness (QED) is 0.615. The number of hydrogen-bond donors (Lipinski definition) is 0. The van der Waals surface area contributed by atoms with E-state index in [4.69, 9.17) is 4.42 Å². The van der Waals surface area contributed by atoms with Crippen LogP contribution in [0.2, 0.25) is 0 Å². The molecule has 1 aromatic carbocycles. The van der Waals surface area contributed by atoms with Crippen LogP contribution in [0.25, 0.3) is 11.1 Å². The largest absolute Gasteiger partial charge is 0.441 e. The topological polar surface area (TPSA) is 26.0 Å². The fourth-order valence-electron chi connectivity index (χ4n) is 1.63. The fraction of sp³-hybridized carbons (Fsp3) is 0.364. The van der Waals surface area contributed by atoms with E-state index >= 15 is 0 Å². The smallest absolute Gasteiger partial charge is 0.192 e. The van der Waals surface area contributed by atoms with Crippen LogP contribution in [0.5, 0.6) is 0 Å². The van der Waals surface area contributed by atoms with E-state index in [9.17, 15) is 0 Å². The number of oxazole rings is 1. The Balaban J connectivity index is 2.95. The van der Waals surface area contributed by atoms with E-state index in [1.807, 2.05) is 6.92 Å². The summed E-state index contributed by atoms with van der Waals surface area (Å²) in [6.07, 6.45) is 0. The number of nitrogens with zero attached hydrogens (tertiary/aromatic N) is 1. The first kappa shape index (κ1) is 8.30. The van der Waals surface area contributed by atoms with Crippen molar-refractivity contribution in [3.8, 4) is 0 Å². The molecule has 1 aromatic heterocycles. The third kappa shape index (κ3) is 1.13. The van der Waals surface area contributed by atoms with Gasteiger partial charge in [-0.2, -0.15) is 0 Å². The van der Waals surface area contributed by atoms with Gasteiger partial charge in [-0.15, -0.1) is 0 Å². The minimum atomic E-state index is 0.742. The Morgan fingerprint density at radius 2 is 1.77 bits per heavy atom. The van der Waals surface area contributed by atoms with Gasteiger partial charge in [0, 0.05) is 6.92 Å². The molecule has 0 unspecified atom stereocenters. The molecular weight excluding hydrogens is 162 g/mol. The van der Waals surface area contributed by atoms with Crippen LogP contribution in [0.1, 0.15) is 22.6 Å². The first-order valence-corrected chi connectivity index (χ1v) is 4.43. The van der Waals surface area contributed by atoms with Crippen LogP contribution in [0, 0.1) is 27.7 Å². The van der Waals surface area contributed by atoms with Crippen LogP contribution in [0.15, 0.2) is 10.5 Å². The highest BCUT2D eigenvalue weighted by Crippen LogP contribution is 2.25. The third-order valence-electron chi connectivity index (χ3n) is 2.47.